The molecule has 1 amide bonds. The van der Waals surface area contributed by atoms with E-state index < -0.39 is 6.09 Å². The van der Waals surface area contributed by atoms with Crippen LogP contribution in [0.25, 0.3) is 0 Å². The van der Waals surface area contributed by atoms with Gasteiger partial charge in [-0.2, -0.15) is 5.48 Å². The summed E-state index contributed by atoms with van der Waals surface area (Å²) >= 11 is 0. The molecular formula is C6H13NO3. The summed E-state index contributed by atoms with van der Waals surface area (Å²) in [5.41, 5.74) is 2.04. The number of nitrogens with one attached hydrogen (secondary N) is 1. The van der Waals surface area contributed by atoms with E-state index in [1.165, 1.54) is 7.11 Å². The molecule has 60 valence electrons. The highest BCUT2D eigenvalue weighted by atomic mass is 16.7. The van der Waals surface area contributed by atoms with Gasteiger partial charge in [0.25, 0.3) is 0 Å². The molecule has 0 aromatic rings. The van der Waals surface area contributed by atoms with Crippen LogP contribution in [0.2, 0.25) is 0 Å². The van der Waals surface area contributed by atoms with E-state index in [2.05, 4.69) is 9.57 Å². The quantitative estimate of drug-likeness (QED) is 0.478. The lowest BCUT2D eigenvalue weighted by atomic mass is 10.4. The highest BCUT2D eigenvalue weighted by molar-refractivity contribution is 5.65. The Morgan fingerprint density at radius 1 is 1.60 bits per heavy atom. The van der Waals surface area contributed by atoms with Crippen molar-refractivity contribution in [2.75, 3.05) is 13.7 Å². The average molecular weight is 147 g/mol. The number of rotatable bonds is 4. The second kappa shape index (κ2) is 6.35. The molecule has 0 rings (SSSR count). The lowest BCUT2D eigenvalue weighted by molar-refractivity contribution is 0.0581. The summed E-state index contributed by atoms with van der Waals surface area (Å²) in [6, 6.07) is 0. The van der Waals surface area contributed by atoms with Crippen molar-refractivity contribution in [3.63, 3.8) is 0 Å². The van der Waals surface area contributed by atoms with Gasteiger partial charge in [-0.05, 0) is 6.42 Å². The van der Waals surface area contributed by atoms with E-state index in [1.807, 2.05) is 12.4 Å². The Morgan fingerprint density at radius 3 is 2.80 bits per heavy atom. The monoisotopic (exact) mass is 147 g/mol. The van der Waals surface area contributed by atoms with Gasteiger partial charge in [0, 0.05) is 0 Å². The largest absolute Gasteiger partial charge is 0.448 e. The second-order valence-electron chi connectivity index (χ2n) is 1.80. The Kier molecular flexibility index (Phi) is 5.86. The van der Waals surface area contributed by atoms with Crippen molar-refractivity contribution >= 4 is 6.09 Å². The summed E-state index contributed by atoms with van der Waals surface area (Å²) in [4.78, 5) is 14.8. The highest BCUT2D eigenvalue weighted by Crippen LogP contribution is 1.87. The molecule has 0 radical (unpaired) electrons. The molecule has 4 nitrogen and oxygen atoms in total. The summed E-state index contributed by atoms with van der Waals surface area (Å²) in [6.07, 6.45) is 1.37. The lowest BCUT2D eigenvalue weighted by Gasteiger charge is -2.02. The lowest BCUT2D eigenvalue weighted by Crippen LogP contribution is -2.23. The van der Waals surface area contributed by atoms with Gasteiger partial charge in [0.15, 0.2) is 0 Å². The fourth-order valence-electron chi connectivity index (χ4n) is 0.422. The standard InChI is InChI=1S/C6H13NO3/c1-3-4-5-10-6(8)7-9-2/h3-5H2,1-2H3,(H,7,8). The summed E-state index contributed by atoms with van der Waals surface area (Å²) in [7, 11) is 1.36. The van der Waals surface area contributed by atoms with E-state index in [0.717, 1.165) is 12.8 Å². The molecule has 0 heterocycles. The maximum absolute atomic E-state index is 10.5. The number of unbranched alkanes of at least 4 members (excludes halogenated alkanes) is 1. The number of carbonyl (C=O) groups excluding carboxylic acids is 1. The van der Waals surface area contributed by atoms with Crippen molar-refractivity contribution in [2.45, 2.75) is 19.8 Å². The first-order valence-electron chi connectivity index (χ1n) is 3.27. The predicted molar refractivity (Wildman–Crippen MR) is 36.4 cm³/mol. The normalized spacial score (nSPS) is 9.00. The van der Waals surface area contributed by atoms with E-state index >= 15 is 0 Å². The zero-order valence-corrected chi connectivity index (χ0v) is 6.35. The van der Waals surface area contributed by atoms with E-state index in [-0.39, 0.29) is 0 Å². The van der Waals surface area contributed by atoms with Crippen LogP contribution in [-0.2, 0) is 9.57 Å². The van der Waals surface area contributed by atoms with Crippen LogP contribution < -0.4 is 5.48 Å². The molecule has 10 heavy (non-hydrogen) atoms. The number of carbonyl (C=O) groups is 1. The first-order valence-corrected chi connectivity index (χ1v) is 3.27. The third-order valence-electron chi connectivity index (χ3n) is 0.916. The van der Waals surface area contributed by atoms with Crippen LogP contribution in [0.4, 0.5) is 4.79 Å². The molecule has 0 saturated heterocycles. The van der Waals surface area contributed by atoms with E-state index in [9.17, 15) is 4.79 Å². The third-order valence-corrected chi connectivity index (χ3v) is 0.916. The van der Waals surface area contributed by atoms with Crippen molar-refractivity contribution in [3.05, 3.63) is 0 Å². The van der Waals surface area contributed by atoms with Crippen LogP contribution in [0.15, 0.2) is 0 Å². The summed E-state index contributed by atoms with van der Waals surface area (Å²) < 4.78 is 4.65. The number of amides is 1. The Labute approximate surface area is 60.5 Å². The Morgan fingerprint density at radius 2 is 2.30 bits per heavy atom. The Balaban J connectivity index is 3.05. The SMILES string of the molecule is CCCCOC(=O)NOC. The molecule has 4 heteroatoms. The molecule has 1 N–H and O–H groups in total. The Hall–Kier alpha value is -0.770. The van der Waals surface area contributed by atoms with Gasteiger partial charge in [-0.15, -0.1) is 0 Å². The second-order valence-corrected chi connectivity index (χ2v) is 1.80. The maximum Gasteiger partial charge on any atom is 0.431 e. The van der Waals surface area contributed by atoms with Crippen LogP contribution in [0.3, 0.4) is 0 Å². The van der Waals surface area contributed by atoms with E-state index in [4.69, 9.17) is 0 Å². The van der Waals surface area contributed by atoms with Crippen LogP contribution in [0.5, 0.6) is 0 Å². The van der Waals surface area contributed by atoms with E-state index in [1.54, 1.807) is 0 Å². The molecule has 0 saturated carbocycles. The van der Waals surface area contributed by atoms with Crippen molar-refractivity contribution < 1.29 is 14.4 Å². The molecule has 0 aromatic carbocycles. The predicted octanol–water partition coefficient (Wildman–Crippen LogP) is 1.07. The van der Waals surface area contributed by atoms with Gasteiger partial charge in [0.05, 0.1) is 13.7 Å². The minimum absolute atomic E-state index is 0.450. The molecular weight excluding hydrogens is 134 g/mol. The molecule has 0 spiro atoms. The van der Waals surface area contributed by atoms with Crippen molar-refractivity contribution in [1.82, 2.24) is 5.48 Å². The van der Waals surface area contributed by atoms with Crippen LogP contribution in [-0.4, -0.2) is 19.8 Å². The molecule has 0 atom stereocenters. The zero-order valence-electron chi connectivity index (χ0n) is 6.35. The topological polar surface area (TPSA) is 47.6 Å². The molecule has 0 aliphatic heterocycles. The first kappa shape index (κ1) is 9.23. The van der Waals surface area contributed by atoms with Gasteiger partial charge in [-0.3, -0.25) is 4.84 Å². The van der Waals surface area contributed by atoms with Gasteiger partial charge in [-0.25, -0.2) is 4.79 Å². The highest BCUT2D eigenvalue weighted by Gasteiger charge is 1.96. The van der Waals surface area contributed by atoms with Crippen molar-refractivity contribution in [1.29, 1.82) is 0 Å². The number of hydroxylamine groups is 1. The minimum Gasteiger partial charge on any atom is -0.448 e. The molecule has 0 aliphatic rings. The average Bonchev–Trinajstić information content (AvgIpc) is 1.89. The van der Waals surface area contributed by atoms with Crippen molar-refractivity contribution in [2.24, 2.45) is 0 Å². The van der Waals surface area contributed by atoms with Crippen LogP contribution in [0, 0.1) is 0 Å². The molecule has 0 bridgehead atoms. The van der Waals surface area contributed by atoms with Gasteiger partial charge in [0.1, 0.15) is 0 Å². The van der Waals surface area contributed by atoms with Gasteiger partial charge in [-0.1, -0.05) is 13.3 Å². The number of hydrogen-bond donors (Lipinski definition) is 1. The summed E-state index contributed by atoms with van der Waals surface area (Å²) in [5.74, 6) is 0. The third kappa shape index (κ3) is 5.37. The van der Waals surface area contributed by atoms with Crippen molar-refractivity contribution in [3.8, 4) is 0 Å². The first-order chi connectivity index (χ1) is 4.81. The molecule has 0 unspecified atom stereocenters. The molecule has 0 aromatic heterocycles. The van der Waals surface area contributed by atoms with Crippen LogP contribution in [0.1, 0.15) is 19.8 Å². The zero-order chi connectivity index (χ0) is 7.82. The van der Waals surface area contributed by atoms with Gasteiger partial charge >= 0.3 is 6.09 Å². The number of ether oxygens (including phenoxy) is 1. The van der Waals surface area contributed by atoms with Crippen LogP contribution >= 0.6 is 0 Å². The fraction of sp³-hybridized carbons (Fsp3) is 0.833. The van der Waals surface area contributed by atoms with Gasteiger partial charge in [0.2, 0.25) is 0 Å². The van der Waals surface area contributed by atoms with Gasteiger partial charge < -0.3 is 4.74 Å². The summed E-state index contributed by atoms with van der Waals surface area (Å²) in [6.45, 7) is 2.48. The smallest absolute Gasteiger partial charge is 0.431 e. The number of hydrogen-bond acceptors (Lipinski definition) is 3. The minimum atomic E-state index is -0.532. The maximum atomic E-state index is 10.5. The summed E-state index contributed by atoms with van der Waals surface area (Å²) in [5, 5.41) is 0. The van der Waals surface area contributed by atoms with E-state index in [0.29, 0.717) is 6.61 Å². The fourth-order valence-corrected chi connectivity index (χ4v) is 0.422. The Bertz CT molecular complexity index is 95.0. The molecule has 0 fully saturated rings. The molecule has 0 aliphatic carbocycles.